The number of hydrogen-bond donors (Lipinski definition) is 0. The zero-order chi connectivity index (χ0) is 12.9. The van der Waals surface area contributed by atoms with E-state index in [9.17, 15) is 0 Å². The summed E-state index contributed by atoms with van der Waals surface area (Å²) in [6, 6.07) is 0.608. The van der Waals surface area contributed by atoms with E-state index in [1.54, 1.807) is 0 Å². The lowest BCUT2D eigenvalue weighted by molar-refractivity contribution is -0.218. The molecule has 0 bridgehead atoms. The molecule has 2 heterocycles. The van der Waals surface area contributed by atoms with Gasteiger partial charge in [0.25, 0.3) is 0 Å². The number of fused-ring (bicyclic) bond motifs is 1. The molecule has 0 amide bonds. The monoisotopic (exact) mass is 267 g/mol. The van der Waals surface area contributed by atoms with E-state index in [1.807, 2.05) is 0 Å². The van der Waals surface area contributed by atoms with Crippen molar-refractivity contribution in [3.8, 4) is 0 Å². The lowest BCUT2D eigenvalue weighted by Crippen LogP contribution is -2.38. The third-order valence-electron chi connectivity index (χ3n) is 5.57. The lowest BCUT2D eigenvalue weighted by Gasteiger charge is -2.32. The molecule has 2 saturated carbocycles. The summed E-state index contributed by atoms with van der Waals surface area (Å²) in [4.78, 5) is 6.07. The Morgan fingerprint density at radius 1 is 1.05 bits per heavy atom. The fourth-order valence-corrected chi connectivity index (χ4v) is 4.59. The van der Waals surface area contributed by atoms with Gasteiger partial charge in [-0.25, -0.2) is 0 Å². The van der Waals surface area contributed by atoms with Crippen LogP contribution in [0.2, 0.25) is 0 Å². The molecule has 4 rings (SSSR count). The van der Waals surface area contributed by atoms with Gasteiger partial charge in [-0.1, -0.05) is 12.8 Å². The van der Waals surface area contributed by atoms with Crippen molar-refractivity contribution in [2.75, 3.05) is 13.7 Å². The highest BCUT2D eigenvalue weighted by Crippen LogP contribution is 2.45. The molecule has 2 saturated heterocycles. The van der Waals surface area contributed by atoms with E-state index in [2.05, 4.69) is 12.1 Å². The van der Waals surface area contributed by atoms with Gasteiger partial charge < -0.3 is 9.47 Å². The van der Waals surface area contributed by atoms with E-state index in [-0.39, 0.29) is 18.0 Å². The van der Waals surface area contributed by atoms with Crippen LogP contribution in [0.5, 0.6) is 0 Å². The molecule has 0 unspecified atom stereocenters. The molecule has 0 N–H and O–H groups in total. The number of nitrogens with zero attached hydrogens (tertiary/aromatic N) is 1. The molecule has 0 aromatic carbocycles. The second kappa shape index (κ2) is 4.69. The third-order valence-corrected chi connectivity index (χ3v) is 5.57. The molecule has 19 heavy (non-hydrogen) atoms. The first-order valence-electron chi connectivity index (χ1n) is 7.99. The van der Waals surface area contributed by atoms with Gasteiger partial charge in [-0.2, -0.15) is 5.06 Å². The van der Waals surface area contributed by atoms with Gasteiger partial charge in [-0.15, -0.1) is 0 Å². The van der Waals surface area contributed by atoms with Gasteiger partial charge in [0.1, 0.15) is 12.2 Å². The van der Waals surface area contributed by atoms with E-state index in [1.165, 1.54) is 38.5 Å². The van der Waals surface area contributed by atoms with E-state index < -0.39 is 0 Å². The molecule has 0 aromatic heterocycles. The van der Waals surface area contributed by atoms with Crippen LogP contribution in [0.15, 0.2) is 0 Å². The summed E-state index contributed by atoms with van der Waals surface area (Å²) in [7, 11) is 2.08. The van der Waals surface area contributed by atoms with Crippen LogP contribution in [-0.2, 0) is 14.3 Å². The topological polar surface area (TPSA) is 30.9 Å². The summed E-state index contributed by atoms with van der Waals surface area (Å²) in [5, 5.41) is 2.08. The van der Waals surface area contributed by atoms with Crippen LogP contribution in [0.25, 0.3) is 0 Å². The van der Waals surface area contributed by atoms with Crippen LogP contribution in [0.1, 0.15) is 51.4 Å². The van der Waals surface area contributed by atoms with Crippen molar-refractivity contribution >= 4 is 0 Å². The quantitative estimate of drug-likeness (QED) is 0.730. The molecule has 2 aliphatic carbocycles. The molecule has 4 heteroatoms. The Kier molecular flexibility index (Phi) is 3.10. The first-order valence-corrected chi connectivity index (χ1v) is 7.99. The highest BCUT2D eigenvalue weighted by atomic mass is 16.8. The van der Waals surface area contributed by atoms with Crippen LogP contribution in [0, 0.1) is 5.92 Å². The SMILES string of the molecule is CN1O[C@@H]([C@H]2COC3(CCCCC3)O2)[C@@H]2CCC[C@@H]21. The normalized spacial score (nSPS) is 45.9. The van der Waals surface area contributed by atoms with Crippen molar-refractivity contribution in [3.05, 3.63) is 0 Å². The van der Waals surface area contributed by atoms with Crippen LogP contribution in [0.3, 0.4) is 0 Å². The number of rotatable bonds is 1. The largest absolute Gasteiger partial charge is 0.347 e. The average Bonchev–Trinajstić information content (AvgIpc) is 3.09. The van der Waals surface area contributed by atoms with Gasteiger partial charge in [0.2, 0.25) is 0 Å². The molecule has 4 fully saturated rings. The minimum atomic E-state index is -0.262. The predicted molar refractivity (Wildman–Crippen MR) is 70.4 cm³/mol. The molecule has 1 spiro atoms. The maximum Gasteiger partial charge on any atom is 0.169 e. The smallest absolute Gasteiger partial charge is 0.169 e. The fraction of sp³-hybridized carbons (Fsp3) is 1.00. The van der Waals surface area contributed by atoms with Crippen molar-refractivity contribution in [2.45, 2.75) is 75.4 Å². The van der Waals surface area contributed by atoms with Gasteiger partial charge in [0.05, 0.1) is 6.61 Å². The maximum atomic E-state index is 6.36. The summed E-state index contributed by atoms with van der Waals surface area (Å²) in [6.45, 7) is 0.724. The van der Waals surface area contributed by atoms with Gasteiger partial charge in [-0.05, 0) is 25.7 Å². The van der Waals surface area contributed by atoms with E-state index in [4.69, 9.17) is 14.3 Å². The zero-order valence-corrected chi connectivity index (χ0v) is 11.8. The van der Waals surface area contributed by atoms with E-state index >= 15 is 0 Å². The molecule has 4 nitrogen and oxygen atoms in total. The van der Waals surface area contributed by atoms with Gasteiger partial charge >= 0.3 is 0 Å². The molecule has 4 aliphatic rings. The average molecular weight is 267 g/mol. The summed E-state index contributed by atoms with van der Waals surface area (Å²) in [5.41, 5.74) is 0. The lowest BCUT2D eigenvalue weighted by atomic mass is 9.93. The first kappa shape index (κ1) is 12.6. The fourth-order valence-electron chi connectivity index (χ4n) is 4.59. The van der Waals surface area contributed by atoms with Crippen molar-refractivity contribution in [2.24, 2.45) is 5.92 Å². The van der Waals surface area contributed by atoms with Gasteiger partial charge in [0, 0.05) is 31.8 Å². The van der Waals surface area contributed by atoms with Crippen molar-refractivity contribution in [1.29, 1.82) is 0 Å². The Morgan fingerprint density at radius 3 is 2.74 bits per heavy atom. The van der Waals surface area contributed by atoms with Gasteiger partial charge in [0.15, 0.2) is 5.79 Å². The number of hydroxylamine groups is 2. The van der Waals surface area contributed by atoms with Crippen LogP contribution >= 0.6 is 0 Å². The van der Waals surface area contributed by atoms with Crippen molar-refractivity contribution in [1.82, 2.24) is 5.06 Å². The number of hydrogen-bond acceptors (Lipinski definition) is 4. The molecule has 2 aliphatic heterocycles. The van der Waals surface area contributed by atoms with Crippen LogP contribution in [-0.4, -0.2) is 42.8 Å². The summed E-state index contributed by atoms with van der Waals surface area (Å²) >= 11 is 0. The zero-order valence-electron chi connectivity index (χ0n) is 11.8. The Morgan fingerprint density at radius 2 is 1.89 bits per heavy atom. The summed E-state index contributed by atoms with van der Waals surface area (Å²) in [6.07, 6.45) is 10.2. The first-order chi connectivity index (χ1) is 9.27. The summed E-state index contributed by atoms with van der Waals surface area (Å²) in [5.74, 6) is 0.388. The van der Waals surface area contributed by atoms with E-state index in [0.717, 1.165) is 19.4 Å². The Bertz CT molecular complexity index is 342. The van der Waals surface area contributed by atoms with Crippen molar-refractivity contribution < 1.29 is 14.3 Å². The minimum Gasteiger partial charge on any atom is -0.347 e. The molecule has 4 atom stereocenters. The second-order valence-electron chi connectivity index (χ2n) is 6.72. The second-order valence-corrected chi connectivity index (χ2v) is 6.72. The Labute approximate surface area is 115 Å². The summed E-state index contributed by atoms with van der Waals surface area (Å²) < 4.78 is 12.4. The molecule has 108 valence electrons. The van der Waals surface area contributed by atoms with Crippen molar-refractivity contribution in [3.63, 3.8) is 0 Å². The predicted octanol–water partition coefficient (Wildman–Crippen LogP) is 2.48. The number of ether oxygens (including phenoxy) is 2. The minimum absolute atomic E-state index is 0.147. The molecular weight excluding hydrogens is 242 g/mol. The van der Waals surface area contributed by atoms with Crippen LogP contribution in [0.4, 0.5) is 0 Å². The third kappa shape index (κ3) is 2.04. The highest BCUT2D eigenvalue weighted by Gasteiger charge is 2.53. The Balaban J connectivity index is 1.46. The molecule has 0 radical (unpaired) electrons. The standard InChI is InChI=1S/C15H25NO3/c1-16-12-7-5-6-11(12)14(19-16)13-10-17-15(18-13)8-3-2-4-9-15/h11-14H,2-10H2,1H3/t11-,12+,13-,14-/m1/s1. The van der Waals surface area contributed by atoms with Crippen LogP contribution < -0.4 is 0 Å². The van der Waals surface area contributed by atoms with Gasteiger partial charge in [-0.3, -0.25) is 4.84 Å². The molecular formula is C15H25NO3. The van der Waals surface area contributed by atoms with E-state index in [0.29, 0.717) is 12.0 Å². The molecule has 0 aromatic rings. The Hall–Kier alpha value is -0.160. The maximum absolute atomic E-state index is 6.36. The highest BCUT2D eigenvalue weighted by molar-refractivity contribution is 4.97.